The van der Waals surface area contributed by atoms with Crippen molar-refractivity contribution in [3.8, 4) is 11.5 Å². The molecule has 4 nitrogen and oxygen atoms in total. The average Bonchev–Trinajstić information content (AvgIpc) is 2.70. The monoisotopic (exact) mass is 356 g/mol. The topological polar surface area (TPSA) is 24.9 Å². The molecule has 0 radical (unpaired) electrons. The third kappa shape index (κ3) is 7.89. The largest absolute Gasteiger partial charge is 0.492 e. The number of hydrogen-bond donors (Lipinski definition) is 0. The summed E-state index contributed by atoms with van der Waals surface area (Å²) in [6.07, 6.45) is 0. The zero-order valence-corrected chi connectivity index (χ0v) is 16.1. The summed E-state index contributed by atoms with van der Waals surface area (Å²) in [5.74, 6) is 1.88. The summed E-state index contributed by atoms with van der Waals surface area (Å²) in [6, 6.07) is 20.0. The molecule has 0 atom stereocenters. The minimum atomic E-state index is 0.723. The second-order valence-electron chi connectivity index (χ2n) is 6.19. The molecule has 0 aliphatic heterocycles. The Kier molecular flexibility index (Phi) is 9.62. The van der Waals surface area contributed by atoms with Crippen LogP contribution in [0, 0.1) is 0 Å². The van der Waals surface area contributed by atoms with Gasteiger partial charge in [-0.25, -0.2) is 0 Å². The van der Waals surface area contributed by atoms with Crippen LogP contribution in [0.25, 0.3) is 0 Å². The Labute approximate surface area is 158 Å². The van der Waals surface area contributed by atoms with Crippen LogP contribution in [0.1, 0.15) is 13.8 Å². The Hall–Kier alpha value is -2.04. The first-order valence-corrected chi connectivity index (χ1v) is 9.62. The van der Waals surface area contributed by atoms with Crippen molar-refractivity contribution in [2.75, 3.05) is 52.5 Å². The van der Waals surface area contributed by atoms with Gasteiger partial charge in [0.15, 0.2) is 0 Å². The van der Waals surface area contributed by atoms with Gasteiger partial charge < -0.3 is 9.47 Å². The Morgan fingerprint density at radius 3 is 1.31 bits per heavy atom. The molecule has 2 aromatic rings. The summed E-state index contributed by atoms with van der Waals surface area (Å²) in [5.41, 5.74) is 0. The van der Waals surface area contributed by atoms with E-state index in [1.807, 2.05) is 60.7 Å². The molecule has 0 bridgehead atoms. The number of nitrogens with zero attached hydrogens (tertiary/aromatic N) is 2. The van der Waals surface area contributed by atoms with Crippen LogP contribution in [0.15, 0.2) is 60.7 Å². The van der Waals surface area contributed by atoms with E-state index in [2.05, 4.69) is 23.6 Å². The quantitative estimate of drug-likeness (QED) is 0.545. The van der Waals surface area contributed by atoms with Crippen molar-refractivity contribution in [3.63, 3.8) is 0 Å². The van der Waals surface area contributed by atoms with Gasteiger partial charge >= 0.3 is 0 Å². The van der Waals surface area contributed by atoms with Gasteiger partial charge in [-0.3, -0.25) is 9.80 Å². The van der Waals surface area contributed by atoms with Crippen molar-refractivity contribution in [2.24, 2.45) is 0 Å². The van der Waals surface area contributed by atoms with Gasteiger partial charge in [-0.15, -0.1) is 0 Å². The lowest BCUT2D eigenvalue weighted by atomic mass is 10.3. The first kappa shape index (κ1) is 20.3. The molecule has 0 amide bonds. The van der Waals surface area contributed by atoms with Gasteiger partial charge in [-0.2, -0.15) is 0 Å². The maximum absolute atomic E-state index is 5.81. The standard InChI is InChI=1S/C22H32N2O2/c1-3-23(17-19-25-21-11-7-5-8-12-21)15-16-24(4-2)18-20-26-22-13-9-6-10-14-22/h5-14H,3-4,15-20H2,1-2H3. The van der Waals surface area contributed by atoms with Crippen LogP contribution in [0.4, 0.5) is 0 Å². The molecular weight excluding hydrogens is 324 g/mol. The van der Waals surface area contributed by atoms with Crippen LogP contribution >= 0.6 is 0 Å². The highest BCUT2D eigenvalue weighted by Crippen LogP contribution is 2.09. The Morgan fingerprint density at radius 1 is 0.577 bits per heavy atom. The van der Waals surface area contributed by atoms with Crippen molar-refractivity contribution < 1.29 is 9.47 Å². The van der Waals surface area contributed by atoms with Gasteiger partial charge in [-0.05, 0) is 37.4 Å². The zero-order chi connectivity index (χ0) is 18.5. The first-order chi connectivity index (χ1) is 12.8. The average molecular weight is 357 g/mol. The third-order valence-electron chi connectivity index (χ3n) is 4.47. The molecule has 0 aromatic heterocycles. The van der Waals surface area contributed by atoms with Crippen LogP contribution in [-0.4, -0.2) is 62.3 Å². The van der Waals surface area contributed by atoms with Gasteiger partial charge in [0.25, 0.3) is 0 Å². The lowest BCUT2D eigenvalue weighted by molar-refractivity contribution is 0.168. The molecule has 0 spiro atoms. The van der Waals surface area contributed by atoms with Crippen LogP contribution in [0.5, 0.6) is 11.5 Å². The van der Waals surface area contributed by atoms with Crippen LogP contribution < -0.4 is 9.47 Å². The van der Waals surface area contributed by atoms with Crippen LogP contribution in [0.2, 0.25) is 0 Å². The lowest BCUT2D eigenvalue weighted by Gasteiger charge is -2.26. The molecule has 0 unspecified atom stereocenters. The second kappa shape index (κ2) is 12.3. The molecule has 2 rings (SSSR count). The van der Waals surface area contributed by atoms with Crippen molar-refractivity contribution >= 4 is 0 Å². The number of benzene rings is 2. The number of likely N-dealkylation sites (N-methyl/N-ethyl adjacent to an activating group) is 2. The number of rotatable bonds is 13. The van der Waals surface area contributed by atoms with Gasteiger partial charge in [0.05, 0.1) is 0 Å². The van der Waals surface area contributed by atoms with Crippen molar-refractivity contribution in [3.05, 3.63) is 60.7 Å². The highest BCUT2D eigenvalue weighted by Gasteiger charge is 2.07. The van der Waals surface area contributed by atoms with Crippen LogP contribution in [-0.2, 0) is 0 Å². The molecule has 0 heterocycles. The highest BCUT2D eigenvalue weighted by molar-refractivity contribution is 5.21. The third-order valence-corrected chi connectivity index (χ3v) is 4.47. The van der Waals surface area contributed by atoms with Gasteiger partial charge in [0.2, 0.25) is 0 Å². The number of hydrogen-bond acceptors (Lipinski definition) is 4. The first-order valence-electron chi connectivity index (χ1n) is 9.62. The molecular formula is C22H32N2O2. The fraction of sp³-hybridized carbons (Fsp3) is 0.455. The minimum absolute atomic E-state index is 0.723. The summed E-state index contributed by atoms with van der Waals surface area (Å²) >= 11 is 0. The van der Waals surface area contributed by atoms with E-state index in [1.54, 1.807) is 0 Å². The lowest BCUT2D eigenvalue weighted by Crippen LogP contribution is -2.38. The van der Waals surface area contributed by atoms with E-state index < -0.39 is 0 Å². The molecule has 0 N–H and O–H groups in total. The Bertz CT molecular complexity index is 524. The van der Waals surface area contributed by atoms with Gasteiger partial charge in [0, 0.05) is 26.2 Å². The maximum atomic E-state index is 5.81. The molecule has 0 fully saturated rings. The molecule has 142 valence electrons. The van der Waals surface area contributed by atoms with Crippen molar-refractivity contribution in [2.45, 2.75) is 13.8 Å². The van der Waals surface area contributed by atoms with Crippen molar-refractivity contribution in [1.82, 2.24) is 9.80 Å². The number of ether oxygens (including phenoxy) is 2. The summed E-state index contributed by atoms with van der Waals surface area (Å²) in [4.78, 5) is 4.87. The van der Waals surface area contributed by atoms with E-state index in [1.165, 1.54) is 0 Å². The minimum Gasteiger partial charge on any atom is -0.492 e. The maximum Gasteiger partial charge on any atom is 0.119 e. The van der Waals surface area contributed by atoms with E-state index in [-0.39, 0.29) is 0 Å². The van der Waals surface area contributed by atoms with Gasteiger partial charge in [0.1, 0.15) is 24.7 Å². The number of para-hydroxylation sites is 2. The van der Waals surface area contributed by atoms with E-state index in [4.69, 9.17) is 9.47 Å². The summed E-state index contributed by atoms with van der Waals surface area (Å²) in [5, 5.41) is 0. The highest BCUT2D eigenvalue weighted by atomic mass is 16.5. The molecule has 0 saturated carbocycles. The molecule has 26 heavy (non-hydrogen) atoms. The fourth-order valence-electron chi connectivity index (χ4n) is 2.76. The SMILES string of the molecule is CCN(CCOc1ccccc1)CCN(CC)CCOc1ccccc1. The van der Waals surface area contributed by atoms with E-state index >= 15 is 0 Å². The van der Waals surface area contributed by atoms with Gasteiger partial charge in [-0.1, -0.05) is 50.2 Å². The molecule has 0 aliphatic rings. The molecule has 0 saturated heterocycles. The van der Waals surface area contributed by atoms with Crippen LogP contribution in [0.3, 0.4) is 0 Å². The van der Waals surface area contributed by atoms with Crippen molar-refractivity contribution in [1.29, 1.82) is 0 Å². The predicted octanol–water partition coefficient (Wildman–Crippen LogP) is 3.79. The summed E-state index contributed by atoms with van der Waals surface area (Å²) in [6.45, 7) is 11.9. The van der Waals surface area contributed by atoms with E-state index in [0.29, 0.717) is 0 Å². The van der Waals surface area contributed by atoms with E-state index in [0.717, 1.165) is 64.0 Å². The molecule has 2 aromatic carbocycles. The normalized spacial score (nSPS) is 11.1. The fourth-order valence-corrected chi connectivity index (χ4v) is 2.76. The Morgan fingerprint density at radius 2 is 0.962 bits per heavy atom. The zero-order valence-electron chi connectivity index (χ0n) is 16.1. The Balaban J connectivity index is 1.63. The summed E-state index contributed by atoms with van der Waals surface area (Å²) < 4.78 is 11.6. The second-order valence-corrected chi connectivity index (χ2v) is 6.19. The van der Waals surface area contributed by atoms with E-state index in [9.17, 15) is 0 Å². The smallest absolute Gasteiger partial charge is 0.119 e. The molecule has 0 aliphatic carbocycles. The molecule has 4 heteroatoms. The predicted molar refractivity (Wildman–Crippen MR) is 108 cm³/mol. The summed E-state index contributed by atoms with van der Waals surface area (Å²) in [7, 11) is 0.